The second kappa shape index (κ2) is 11.2. The van der Waals surface area contributed by atoms with Gasteiger partial charge < -0.3 is 19.9 Å². The molecule has 2 aliphatic heterocycles. The third-order valence-electron chi connectivity index (χ3n) is 8.30. The lowest BCUT2D eigenvalue weighted by Crippen LogP contribution is -2.46. The molecular weight excluding hydrogens is 500 g/mol. The highest BCUT2D eigenvalue weighted by Crippen LogP contribution is 2.34. The molecule has 1 saturated heterocycles. The molecule has 0 aliphatic carbocycles. The smallest absolute Gasteiger partial charge is 0.254 e. The fraction of sp³-hybridized carbons (Fsp3) is 0.375. The molecule has 2 aliphatic rings. The predicted molar refractivity (Wildman–Crippen MR) is 158 cm³/mol. The number of nitrogens with one attached hydrogen (secondary N) is 1. The van der Waals surface area contributed by atoms with Gasteiger partial charge in [0.1, 0.15) is 12.1 Å². The average Bonchev–Trinajstić information content (AvgIpc) is 3.01. The molecule has 2 aromatic heterocycles. The maximum absolute atomic E-state index is 13.6. The number of benzene rings is 2. The molecule has 8 nitrogen and oxygen atoms in total. The molecule has 6 rings (SSSR count). The van der Waals surface area contributed by atoms with E-state index in [2.05, 4.69) is 63.2 Å². The molecule has 1 fully saturated rings. The molecule has 0 unspecified atom stereocenters. The summed E-state index contributed by atoms with van der Waals surface area (Å²) in [5.74, 6) is 1.65. The Morgan fingerprint density at radius 3 is 2.65 bits per heavy atom. The second-order valence-corrected chi connectivity index (χ2v) is 10.7. The number of methoxy groups -OCH3 is 1. The maximum atomic E-state index is 13.6. The Labute approximate surface area is 235 Å². The first kappa shape index (κ1) is 26.2. The van der Waals surface area contributed by atoms with Crippen molar-refractivity contribution in [1.29, 1.82) is 0 Å². The third-order valence-corrected chi connectivity index (χ3v) is 8.30. The van der Waals surface area contributed by atoms with Crippen LogP contribution in [-0.4, -0.2) is 65.1 Å². The Hall–Kier alpha value is -4.04. The molecule has 2 aromatic carbocycles. The lowest BCUT2D eigenvalue weighted by molar-refractivity contribution is 0.0656. The summed E-state index contributed by atoms with van der Waals surface area (Å²) in [5.41, 5.74) is 7.40. The topological polar surface area (TPSA) is 83.5 Å². The van der Waals surface area contributed by atoms with Gasteiger partial charge in [0.2, 0.25) is 5.88 Å². The van der Waals surface area contributed by atoms with Crippen molar-refractivity contribution >= 4 is 22.6 Å². The van der Waals surface area contributed by atoms with E-state index in [-0.39, 0.29) is 5.91 Å². The summed E-state index contributed by atoms with van der Waals surface area (Å²) in [4.78, 5) is 31.8. The molecular formula is C32H36N6O2. The van der Waals surface area contributed by atoms with E-state index in [9.17, 15) is 4.79 Å². The van der Waals surface area contributed by atoms with Gasteiger partial charge in [-0.3, -0.25) is 4.79 Å². The van der Waals surface area contributed by atoms with Crippen molar-refractivity contribution in [1.82, 2.24) is 25.2 Å². The summed E-state index contributed by atoms with van der Waals surface area (Å²) in [7, 11) is 1.62. The Morgan fingerprint density at radius 2 is 1.90 bits per heavy atom. The van der Waals surface area contributed by atoms with Gasteiger partial charge in [-0.25, -0.2) is 15.0 Å². The van der Waals surface area contributed by atoms with Gasteiger partial charge in [0, 0.05) is 54.5 Å². The average molecular weight is 537 g/mol. The van der Waals surface area contributed by atoms with Crippen LogP contribution in [0.25, 0.3) is 22.0 Å². The molecule has 0 spiro atoms. The van der Waals surface area contributed by atoms with Gasteiger partial charge in [-0.15, -0.1) is 0 Å². The highest BCUT2D eigenvalue weighted by Gasteiger charge is 2.27. The Kier molecular flexibility index (Phi) is 7.34. The van der Waals surface area contributed by atoms with Crippen LogP contribution in [0.4, 0.5) is 5.82 Å². The molecule has 206 valence electrons. The minimum Gasteiger partial charge on any atom is -0.481 e. The largest absolute Gasteiger partial charge is 0.481 e. The van der Waals surface area contributed by atoms with Crippen LogP contribution < -0.4 is 15.0 Å². The number of nitrogens with zero attached hydrogens (tertiary/aromatic N) is 5. The van der Waals surface area contributed by atoms with Gasteiger partial charge in [0.15, 0.2) is 0 Å². The van der Waals surface area contributed by atoms with E-state index in [4.69, 9.17) is 9.72 Å². The number of anilines is 1. The van der Waals surface area contributed by atoms with E-state index in [1.54, 1.807) is 13.4 Å². The fourth-order valence-electron chi connectivity index (χ4n) is 6.15. The SMILES string of the molecule is CCN(C(=O)c1ccc2c(c1)CN(c1ncnc3c(C)cc(-c4ccc(OC)nc4)cc13)CC2)C1CCNCC1. The van der Waals surface area contributed by atoms with Crippen molar-refractivity contribution in [3.63, 3.8) is 0 Å². The van der Waals surface area contributed by atoms with Gasteiger partial charge in [-0.1, -0.05) is 6.07 Å². The van der Waals surface area contributed by atoms with E-state index in [1.165, 1.54) is 11.1 Å². The van der Waals surface area contributed by atoms with E-state index in [0.717, 1.165) is 84.4 Å². The van der Waals surface area contributed by atoms with Gasteiger partial charge in [-0.2, -0.15) is 0 Å². The first-order chi connectivity index (χ1) is 19.6. The summed E-state index contributed by atoms with van der Waals surface area (Å²) in [5, 5.41) is 4.43. The van der Waals surface area contributed by atoms with Crippen LogP contribution in [0.3, 0.4) is 0 Å². The zero-order valence-corrected chi connectivity index (χ0v) is 23.5. The molecule has 0 saturated carbocycles. The van der Waals surface area contributed by atoms with Crippen molar-refractivity contribution in [3.8, 4) is 17.0 Å². The number of carbonyl (C=O) groups is 1. The normalized spacial score (nSPS) is 15.6. The highest BCUT2D eigenvalue weighted by atomic mass is 16.5. The number of carbonyl (C=O) groups excluding carboxylic acids is 1. The van der Waals surface area contributed by atoms with Crippen LogP contribution in [0.2, 0.25) is 0 Å². The lowest BCUT2D eigenvalue weighted by Gasteiger charge is -2.34. The first-order valence-corrected chi connectivity index (χ1v) is 14.2. The van der Waals surface area contributed by atoms with Crippen molar-refractivity contribution in [3.05, 3.63) is 77.2 Å². The van der Waals surface area contributed by atoms with Crippen LogP contribution in [-0.2, 0) is 13.0 Å². The van der Waals surface area contributed by atoms with E-state index >= 15 is 0 Å². The van der Waals surface area contributed by atoms with Crippen molar-refractivity contribution in [2.45, 2.75) is 45.7 Å². The highest BCUT2D eigenvalue weighted by molar-refractivity contribution is 5.96. The number of hydrogen-bond donors (Lipinski definition) is 1. The third kappa shape index (κ3) is 4.99. The second-order valence-electron chi connectivity index (χ2n) is 10.7. The number of aromatic nitrogens is 3. The molecule has 0 atom stereocenters. The Bertz CT molecular complexity index is 1530. The quantitative estimate of drug-likeness (QED) is 0.380. The lowest BCUT2D eigenvalue weighted by atomic mass is 9.95. The predicted octanol–water partition coefficient (Wildman–Crippen LogP) is 4.79. The van der Waals surface area contributed by atoms with E-state index in [1.807, 2.05) is 24.4 Å². The Balaban J connectivity index is 1.31. The molecule has 0 bridgehead atoms. The fourth-order valence-corrected chi connectivity index (χ4v) is 6.15. The zero-order valence-electron chi connectivity index (χ0n) is 23.5. The van der Waals surface area contributed by atoms with Crippen molar-refractivity contribution in [2.24, 2.45) is 0 Å². The molecule has 1 N–H and O–H groups in total. The van der Waals surface area contributed by atoms with Crippen LogP contribution in [0.15, 0.2) is 55.0 Å². The van der Waals surface area contributed by atoms with Crippen LogP contribution >= 0.6 is 0 Å². The van der Waals surface area contributed by atoms with Gasteiger partial charge in [0.25, 0.3) is 5.91 Å². The zero-order chi connectivity index (χ0) is 27.6. The van der Waals surface area contributed by atoms with Gasteiger partial charge >= 0.3 is 0 Å². The molecule has 40 heavy (non-hydrogen) atoms. The van der Waals surface area contributed by atoms with Crippen LogP contribution in [0.5, 0.6) is 5.88 Å². The van der Waals surface area contributed by atoms with Crippen molar-refractivity contribution < 1.29 is 9.53 Å². The number of hydrogen-bond acceptors (Lipinski definition) is 7. The molecule has 4 heterocycles. The summed E-state index contributed by atoms with van der Waals surface area (Å²) in [6, 6.07) is 14.8. The number of pyridine rings is 1. The maximum Gasteiger partial charge on any atom is 0.254 e. The number of rotatable bonds is 6. The molecule has 4 aromatic rings. The first-order valence-electron chi connectivity index (χ1n) is 14.2. The van der Waals surface area contributed by atoms with Crippen LogP contribution in [0.1, 0.15) is 46.8 Å². The molecule has 0 radical (unpaired) electrons. The number of aryl methyl sites for hydroxylation is 1. The van der Waals surface area contributed by atoms with Crippen LogP contribution in [0, 0.1) is 6.92 Å². The summed E-state index contributed by atoms with van der Waals surface area (Å²) < 4.78 is 5.24. The summed E-state index contributed by atoms with van der Waals surface area (Å²) in [6.45, 7) is 8.40. The monoisotopic (exact) mass is 536 g/mol. The summed E-state index contributed by atoms with van der Waals surface area (Å²) >= 11 is 0. The van der Waals surface area contributed by atoms with E-state index < -0.39 is 0 Å². The molecule has 1 amide bonds. The van der Waals surface area contributed by atoms with Gasteiger partial charge in [-0.05, 0) is 98.8 Å². The molecule has 8 heteroatoms. The number of amides is 1. The van der Waals surface area contributed by atoms with E-state index in [0.29, 0.717) is 18.5 Å². The number of ether oxygens (including phenoxy) is 1. The number of piperidine rings is 1. The van der Waals surface area contributed by atoms with Gasteiger partial charge in [0.05, 0.1) is 12.6 Å². The summed E-state index contributed by atoms with van der Waals surface area (Å²) in [6.07, 6.45) is 6.41. The van der Waals surface area contributed by atoms with Crippen molar-refractivity contribution in [2.75, 3.05) is 38.2 Å². The standard InChI is InChI=1S/C32H36N6O2/c1-4-38(27-9-12-33-13-10-27)32(39)23-6-5-22-11-14-37(19-26(22)16-23)31-28-17-25(15-21(2)30(28)35-20-36-31)24-7-8-29(40-3)34-18-24/h5-8,15-18,20,27,33H,4,9-14,19H2,1-3H3. The minimum atomic E-state index is 0.134. The number of fused-ring (bicyclic) bond motifs is 2. The Morgan fingerprint density at radius 1 is 1.05 bits per heavy atom. The minimum absolute atomic E-state index is 0.134.